The molecule has 0 aliphatic rings. The molecule has 0 unspecified atom stereocenters. The first-order valence-electron chi connectivity index (χ1n) is 3.30. The quantitative estimate of drug-likeness (QED) is 0.584. The molecule has 3 heteroatoms. The summed E-state index contributed by atoms with van der Waals surface area (Å²) < 4.78 is 0. The fourth-order valence-corrected chi connectivity index (χ4v) is 0.878. The second kappa shape index (κ2) is 3.01. The summed E-state index contributed by atoms with van der Waals surface area (Å²) in [7, 11) is 0. The van der Waals surface area contributed by atoms with E-state index in [1.165, 1.54) is 6.92 Å². The molecule has 0 heterocycles. The average molecular weight is 145 g/mol. The van der Waals surface area contributed by atoms with Gasteiger partial charge in [-0.1, -0.05) is 13.8 Å². The molecule has 0 aliphatic heterocycles. The van der Waals surface area contributed by atoms with Crippen molar-refractivity contribution in [1.82, 2.24) is 0 Å². The summed E-state index contributed by atoms with van der Waals surface area (Å²) in [5.74, 6) is -1.24. The van der Waals surface area contributed by atoms with E-state index in [0.717, 1.165) is 0 Å². The Morgan fingerprint density at radius 3 is 2.20 bits per heavy atom. The highest BCUT2D eigenvalue weighted by Crippen LogP contribution is 2.14. The number of carboxylic acid groups (broad SMARTS) is 1. The van der Waals surface area contributed by atoms with E-state index < -0.39 is 11.6 Å². The zero-order valence-corrected chi connectivity index (χ0v) is 6.55. The second-order valence-electron chi connectivity index (χ2n) is 3.16. The fourth-order valence-electron chi connectivity index (χ4n) is 0.878. The van der Waals surface area contributed by atoms with E-state index in [1.54, 1.807) is 0 Å². The minimum Gasteiger partial charge on any atom is -0.547 e. The predicted octanol–water partition coefficient (Wildman–Crippen LogP) is -0.467. The van der Waals surface area contributed by atoms with Crippen LogP contribution in [0.1, 0.15) is 27.2 Å². The first-order valence-corrected chi connectivity index (χ1v) is 3.30. The van der Waals surface area contributed by atoms with Gasteiger partial charge in [0.05, 0.1) is 5.97 Å². The molecule has 0 aromatic heterocycles. The van der Waals surface area contributed by atoms with E-state index in [0.29, 0.717) is 0 Å². The van der Waals surface area contributed by atoms with Crippen molar-refractivity contribution in [2.75, 3.05) is 0 Å². The minimum absolute atomic E-state index is 0.160. The number of carboxylic acids is 1. The van der Waals surface area contributed by atoms with Crippen molar-refractivity contribution in [2.45, 2.75) is 32.8 Å². The van der Waals surface area contributed by atoms with Crippen LogP contribution in [0.2, 0.25) is 0 Å². The van der Waals surface area contributed by atoms with E-state index in [1.807, 2.05) is 13.8 Å². The van der Waals surface area contributed by atoms with E-state index in [2.05, 4.69) is 0 Å². The van der Waals surface area contributed by atoms with Crippen LogP contribution in [-0.2, 0) is 4.79 Å². The maximum Gasteiger partial charge on any atom is 0.101 e. The van der Waals surface area contributed by atoms with Gasteiger partial charge in [-0.3, -0.25) is 0 Å². The van der Waals surface area contributed by atoms with Crippen molar-refractivity contribution in [3.05, 3.63) is 0 Å². The lowest BCUT2D eigenvalue weighted by Crippen LogP contribution is -2.46. The van der Waals surface area contributed by atoms with Crippen molar-refractivity contribution < 1.29 is 15.0 Å². The Labute approximate surface area is 60.7 Å². The van der Waals surface area contributed by atoms with Gasteiger partial charge in [0.25, 0.3) is 0 Å². The lowest BCUT2D eigenvalue weighted by atomic mass is 9.95. The topological polar surface area (TPSA) is 60.4 Å². The molecule has 0 amide bonds. The Morgan fingerprint density at radius 1 is 1.70 bits per heavy atom. The summed E-state index contributed by atoms with van der Waals surface area (Å²) in [5, 5.41) is 19.3. The number of carbonyl (C=O) groups excluding carboxylic acids is 1. The maximum atomic E-state index is 10.2. The third-order valence-electron chi connectivity index (χ3n) is 1.25. The molecule has 0 spiro atoms. The Kier molecular flexibility index (Phi) is 2.84. The third kappa shape index (κ3) is 2.82. The van der Waals surface area contributed by atoms with Gasteiger partial charge < -0.3 is 15.0 Å². The van der Waals surface area contributed by atoms with E-state index in [4.69, 9.17) is 5.11 Å². The molecule has 0 bridgehead atoms. The molecule has 0 aromatic carbocycles. The van der Waals surface area contributed by atoms with Gasteiger partial charge in [0.2, 0.25) is 0 Å². The van der Waals surface area contributed by atoms with Crippen LogP contribution in [0.5, 0.6) is 0 Å². The van der Waals surface area contributed by atoms with Crippen LogP contribution in [0.25, 0.3) is 0 Å². The van der Waals surface area contributed by atoms with Crippen LogP contribution in [0.15, 0.2) is 0 Å². The number of rotatable bonds is 3. The van der Waals surface area contributed by atoms with Gasteiger partial charge in [-0.25, -0.2) is 0 Å². The summed E-state index contributed by atoms with van der Waals surface area (Å²) in [5.41, 5.74) is -1.67. The summed E-state index contributed by atoms with van der Waals surface area (Å²) >= 11 is 0. The predicted molar refractivity (Wildman–Crippen MR) is 35.1 cm³/mol. The van der Waals surface area contributed by atoms with E-state index >= 15 is 0 Å². The molecule has 3 nitrogen and oxygen atoms in total. The van der Waals surface area contributed by atoms with E-state index in [-0.39, 0.29) is 12.3 Å². The van der Waals surface area contributed by atoms with E-state index in [9.17, 15) is 9.90 Å². The SMILES string of the molecule is CC(C)C[C@](C)(O)C(=O)[O-]. The number of aliphatic carboxylic acids is 1. The zero-order valence-electron chi connectivity index (χ0n) is 6.55. The molecule has 0 saturated heterocycles. The molecule has 0 saturated carbocycles. The second-order valence-corrected chi connectivity index (χ2v) is 3.16. The van der Waals surface area contributed by atoms with Gasteiger partial charge in [0.15, 0.2) is 0 Å². The van der Waals surface area contributed by atoms with Crippen molar-refractivity contribution in [3.63, 3.8) is 0 Å². The van der Waals surface area contributed by atoms with Crippen molar-refractivity contribution in [1.29, 1.82) is 0 Å². The molecule has 1 N–H and O–H groups in total. The van der Waals surface area contributed by atoms with Crippen molar-refractivity contribution in [2.24, 2.45) is 5.92 Å². The Bertz CT molecular complexity index is 127. The molecule has 0 fully saturated rings. The standard InChI is InChI=1S/C7H14O3/c1-5(2)4-7(3,10)6(8)9/h5,10H,4H2,1-3H3,(H,8,9)/p-1/t7-/m0/s1. The molecule has 60 valence electrons. The van der Waals surface area contributed by atoms with Crippen LogP contribution in [0.3, 0.4) is 0 Å². The highest BCUT2D eigenvalue weighted by atomic mass is 16.4. The minimum atomic E-state index is -1.67. The van der Waals surface area contributed by atoms with Crippen LogP contribution in [-0.4, -0.2) is 16.7 Å². The normalized spacial score (nSPS) is 16.9. The molecular formula is C7H13O3-. The van der Waals surface area contributed by atoms with Crippen LogP contribution in [0, 0.1) is 5.92 Å². The van der Waals surface area contributed by atoms with Gasteiger partial charge in [0.1, 0.15) is 5.60 Å². The van der Waals surface area contributed by atoms with Crippen LogP contribution >= 0.6 is 0 Å². The van der Waals surface area contributed by atoms with Gasteiger partial charge >= 0.3 is 0 Å². The van der Waals surface area contributed by atoms with Gasteiger partial charge in [-0.15, -0.1) is 0 Å². The highest BCUT2D eigenvalue weighted by molar-refractivity contribution is 5.74. The lowest BCUT2D eigenvalue weighted by molar-refractivity contribution is -0.324. The molecule has 0 rings (SSSR count). The number of aliphatic hydroxyl groups is 1. The van der Waals surface area contributed by atoms with Gasteiger partial charge in [-0.05, 0) is 19.3 Å². The first-order chi connectivity index (χ1) is 4.36. The molecule has 1 atom stereocenters. The molecule has 10 heavy (non-hydrogen) atoms. The molecular weight excluding hydrogens is 132 g/mol. The molecule has 0 aliphatic carbocycles. The number of hydrogen-bond acceptors (Lipinski definition) is 3. The lowest BCUT2D eigenvalue weighted by Gasteiger charge is -2.25. The Hall–Kier alpha value is -0.570. The summed E-state index contributed by atoms with van der Waals surface area (Å²) in [6.45, 7) is 4.94. The van der Waals surface area contributed by atoms with Crippen LogP contribution in [0.4, 0.5) is 0 Å². The Balaban J connectivity index is 4.00. The largest absolute Gasteiger partial charge is 0.547 e. The smallest absolute Gasteiger partial charge is 0.101 e. The van der Waals surface area contributed by atoms with Crippen molar-refractivity contribution in [3.8, 4) is 0 Å². The summed E-state index contributed by atoms with van der Waals surface area (Å²) in [6.07, 6.45) is 0.231. The number of carbonyl (C=O) groups is 1. The third-order valence-corrected chi connectivity index (χ3v) is 1.25. The molecule has 0 radical (unpaired) electrons. The number of hydrogen-bond donors (Lipinski definition) is 1. The zero-order chi connectivity index (χ0) is 8.36. The highest BCUT2D eigenvalue weighted by Gasteiger charge is 2.22. The summed E-state index contributed by atoms with van der Waals surface area (Å²) in [4.78, 5) is 10.2. The van der Waals surface area contributed by atoms with Crippen LogP contribution < -0.4 is 5.11 Å². The average Bonchev–Trinajstić information content (AvgIpc) is 1.60. The van der Waals surface area contributed by atoms with Gasteiger partial charge in [0, 0.05) is 0 Å². The first kappa shape index (κ1) is 9.43. The summed E-state index contributed by atoms with van der Waals surface area (Å²) in [6, 6.07) is 0. The maximum absolute atomic E-state index is 10.2. The monoisotopic (exact) mass is 145 g/mol. The van der Waals surface area contributed by atoms with Crippen molar-refractivity contribution >= 4 is 5.97 Å². The Morgan fingerprint density at radius 2 is 2.10 bits per heavy atom. The fraction of sp³-hybridized carbons (Fsp3) is 0.857. The molecule has 0 aromatic rings. The van der Waals surface area contributed by atoms with Gasteiger partial charge in [-0.2, -0.15) is 0 Å².